The fourth-order valence-electron chi connectivity index (χ4n) is 1.02. The highest BCUT2D eigenvalue weighted by molar-refractivity contribution is 6.20. The number of halogens is 1. The minimum Gasteiger partial charge on any atom is -0.385 e. The molecule has 0 aliphatic carbocycles. The van der Waals surface area contributed by atoms with Crippen LogP contribution in [0.1, 0.15) is 32.6 Å². The van der Waals surface area contributed by atoms with Gasteiger partial charge in [-0.1, -0.05) is 6.92 Å². The predicted octanol–water partition coefficient (Wildman–Crippen LogP) is 2.84. The highest BCUT2D eigenvalue weighted by Gasteiger charge is 1.99. The van der Waals surface area contributed by atoms with Gasteiger partial charge in [0, 0.05) is 32.3 Å². The molecule has 0 rings (SSSR count). The summed E-state index contributed by atoms with van der Waals surface area (Å²) in [5, 5.41) is 0.322. The van der Waals surface area contributed by atoms with E-state index in [2.05, 4.69) is 6.92 Å². The maximum atomic E-state index is 5.95. The van der Waals surface area contributed by atoms with Crippen molar-refractivity contribution in [1.82, 2.24) is 0 Å². The highest BCUT2D eigenvalue weighted by Crippen LogP contribution is 2.08. The Bertz CT molecular complexity index is 98.9. The lowest BCUT2D eigenvalue weighted by molar-refractivity contribution is 0.100. The molecule has 0 bridgehead atoms. The van der Waals surface area contributed by atoms with Gasteiger partial charge in [-0.2, -0.15) is 0 Å². The number of rotatable bonds is 9. The van der Waals surface area contributed by atoms with Crippen molar-refractivity contribution in [2.75, 3.05) is 26.9 Å². The van der Waals surface area contributed by atoms with Crippen LogP contribution in [0.2, 0.25) is 0 Å². The van der Waals surface area contributed by atoms with E-state index < -0.39 is 0 Å². The normalized spacial score (nSPS) is 13.2. The van der Waals surface area contributed by atoms with Crippen LogP contribution in [0.15, 0.2) is 0 Å². The van der Waals surface area contributed by atoms with Crippen LogP contribution in [0.5, 0.6) is 0 Å². The second-order valence-electron chi connectivity index (χ2n) is 3.11. The van der Waals surface area contributed by atoms with Crippen LogP contribution in [0.4, 0.5) is 0 Å². The molecule has 0 saturated heterocycles. The predicted molar refractivity (Wildman–Crippen MR) is 56.5 cm³/mol. The number of ether oxygens (including phenoxy) is 2. The summed E-state index contributed by atoms with van der Waals surface area (Å²) in [4.78, 5) is 0. The Morgan fingerprint density at radius 3 is 2.46 bits per heavy atom. The number of alkyl halides is 1. The zero-order valence-corrected chi connectivity index (χ0v) is 9.48. The highest BCUT2D eigenvalue weighted by atomic mass is 35.5. The van der Waals surface area contributed by atoms with Gasteiger partial charge in [-0.05, 0) is 25.7 Å². The van der Waals surface area contributed by atoms with Gasteiger partial charge in [0.25, 0.3) is 0 Å². The van der Waals surface area contributed by atoms with Crippen molar-refractivity contribution in [1.29, 1.82) is 0 Å². The molecule has 80 valence electrons. The lowest BCUT2D eigenvalue weighted by Crippen LogP contribution is -2.03. The molecular weight excluding hydrogens is 188 g/mol. The largest absolute Gasteiger partial charge is 0.385 e. The van der Waals surface area contributed by atoms with Gasteiger partial charge >= 0.3 is 0 Å². The molecule has 0 aromatic rings. The minimum absolute atomic E-state index is 0.322. The molecule has 1 unspecified atom stereocenters. The SMILES string of the molecule is CCC(Cl)CCCOCCCOC. The van der Waals surface area contributed by atoms with Gasteiger partial charge in [-0.15, -0.1) is 11.6 Å². The summed E-state index contributed by atoms with van der Waals surface area (Å²) in [5.41, 5.74) is 0. The lowest BCUT2D eigenvalue weighted by Gasteiger charge is -2.06. The van der Waals surface area contributed by atoms with Gasteiger partial charge in [0.2, 0.25) is 0 Å². The van der Waals surface area contributed by atoms with Gasteiger partial charge < -0.3 is 9.47 Å². The van der Waals surface area contributed by atoms with E-state index in [1.165, 1.54) is 0 Å². The van der Waals surface area contributed by atoms with E-state index in [1.807, 2.05) is 0 Å². The fraction of sp³-hybridized carbons (Fsp3) is 1.00. The summed E-state index contributed by atoms with van der Waals surface area (Å²) < 4.78 is 10.3. The van der Waals surface area contributed by atoms with Crippen molar-refractivity contribution >= 4 is 11.6 Å². The lowest BCUT2D eigenvalue weighted by atomic mass is 10.2. The number of methoxy groups -OCH3 is 1. The molecule has 0 aromatic carbocycles. The molecule has 0 aliphatic rings. The summed E-state index contributed by atoms with van der Waals surface area (Å²) in [6, 6.07) is 0. The smallest absolute Gasteiger partial charge is 0.0487 e. The molecule has 0 fully saturated rings. The third-order valence-corrected chi connectivity index (χ3v) is 2.41. The van der Waals surface area contributed by atoms with E-state index in [4.69, 9.17) is 21.1 Å². The van der Waals surface area contributed by atoms with E-state index >= 15 is 0 Å². The van der Waals surface area contributed by atoms with Crippen molar-refractivity contribution in [2.24, 2.45) is 0 Å². The summed E-state index contributed by atoms with van der Waals surface area (Å²) in [6.07, 6.45) is 4.15. The molecule has 0 N–H and O–H groups in total. The first-order chi connectivity index (χ1) is 6.31. The average Bonchev–Trinajstić information content (AvgIpc) is 2.16. The molecule has 3 heteroatoms. The Kier molecular flexibility index (Phi) is 10.5. The van der Waals surface area contributed by atoms with E-state index in [-0.39, 0.29) is 0 Å². The molecule has 0 saturated carbocycles. The van der Waals surface area contributed by atoms with E-state index in [0.29, 0.717) is 5.38 Å². The van der Waals surface area contributed by atoms with Crippen LogP contribution >= 0.6 is 11.6 Å². The Balaban J connectivity index is 2.91. The molecule has 0 aliphatic heterocycles. The molecule has 1 atom stereocenters. The zero-order chi connectivity index (χ0) is 9.94. The molecule has 0 amide bonds. The third kappa shape index (κ3) is 10.1. The summed E-state index contributed by atoms with van der Waals surface area (Å²) in [5.74, 6) is 0. The van der Waals surface area contributed by atoms with Crippen molar-refractivity contribution in [3.63, 3.8) is 0 Å². The van der Waals surface area contributed by atoms with Crippen molar-refractivity contribution in [3.05, 3.63) is 0 Å². The van der Waals surface area contributed by atoms with Crippen molar-refractivity contribution in [2.45, 2.75) is 38.0 Å². The molecule has 0 radical (unpaired) electrons. The minimum atomic E-state index is 0.322. The Morgan fingerprint density at radius 1 is 1.15 bits per heavy atom. The fourth-order valence-corrected chi connectivity index (χ4v) is 1.17. The Hall–Kier alpha value is 0.210. The van der Waals surface area contributed by atoms with Gasteiger partial charge in [-0.25, -0.2) is 0 Å². The Labute approximate surface area is 86.6 Å². The van der Waals surface area contributed by atoms with Gasteiger partial charge in [-0.3, -0.25) is 0 Å². The van der Waals surface area contributed by atoms with Crippen molar-refractivity contribution in [3.8, 4) is 0 Å². The van der Waals surface area contributed by atoms with Crippen LogP contribution in [0.25, 0.3) is 0 Å². The monoisotopic (exact) mass is 208 g/mol. The zero-order valence-electron chi connectivity index (χ0n) is 8.72. The molecule has 0 aromatic heterocycles. The second-order valence-corrected chi connectivity index (χ2v) is 3.72. The van der Waals surface area contributed by atoms with E-state index in [1.54, 1.807) is 7.11 Å². The maximum Gasteiger partial charge on any atom is 0.0487 e. The van der Waals surface area contributed by atoms with Gasteiger partial charge in [0.15, 0.2) is 0 Å². The standard InChI is InChI=1S/C10H21ClO2/c1-3-10(11)6-4-8-13-9-5-7-12-2/h10H,3-9H2,1-2H3. The Morgan fingerprint density at radius 2 is 1.85 bits per heavy atom. The second kappa shape index (κ2) is 10.3. The summed E-state index contributed by atoms with van der Waals surface area (Å²) >= 11 is 5.95. The molecular formula is C10H21ClO2. The number of hydrogen-bond acceptors (Lipinski definition) is 2. The average molecular weight is 209 g/mol. The van der Waals surface area contributed by atoms with E-state index in [9.17, 15) is 0 Å². The molecule has 2 nitrogen and oxygen atoms in total. The van der Waals surface area contributed by atoms with Crippen LogP contribution in [-0.2, 0) is 9.47 Å². The first-order valence-corrected chi connectivity index (χ1v) is 5.45. The molecule has 0 spiro atoms. The van der Waals surface area contributed by atoms with Crippen LogP contribution < -0.4 is 0 Å². The van der Waals surface area contributed by atoms with Gasteiger partial charge in [0.1, 0.15) is 0 Å². The molecule has 13 heavy (non-hydrogen) atoms. The third-order valence-electron chi connectivity index (χ3n) is 1.89. The first kappa shape index (κ1) is 13.2. The molecule has 0 heterocycles. The van der Waals surface area contributed by atoms with Crippen LogP contribution in [0.3, 0.4) is 0 Å². The number of hydrogen-bond donors (Lipinski definition) is 0. The summed E-state index contributed by atoms with van der Waals surface area (Å²) in [6.45, 7) is 4.52. The van der Waals surface area contributed by atoms with Gasteiger partial charge in [0.05, 0.1) is 0 Å². The van der Waals surface area contributed by atoms with Crippen LogP contribution in [-0.4, -0.2) is 32.3 Å². The topological polar surface area (TPSA) is 18.5 Å². The maximum absolute atomic E-state index is 5.95. The first-order valence-electron chi connectivity index (χ1n) is 5.02. The van der Waals surface area contributed by atoms with E-state index in [0.717, 1.165) is 45.5 Å². The quantitative estimate of drug-likeness (QED) is 0.429. The van der Waals surface area contributed by atoms with Crippen LogP contribution in [0, 0.1) is 0 Å². The van der Waals surface area contributed by atoms with Crippen molar-refractivity contribution < 1.29 is 9.47 Å². The summed E-state index contributed by atoms with van der Waals surface area (Å²) in [7, 11) is 1.71.